The molecule has 0 radical (unpaired) electrons. The smallest absolute Gasteiger partial charge is 0.303 e. The molecule has 3 rings (SSSR count). The number of H-pyrrole nitrogens is 1. The number of hydrogen-bond donors (Lipinski definition) is 2. The van der Waals surface area contributed by atoms with Gasteiger partial charge in [-0.25, -0.2) is 13.9 Å². The summed E-state index contributed by atoms with van der Waals surface area (Å²) in [5.74, 6) is -1.45. The van der Waals surface area contributed by atoms with Crippen molar-refractivity contribution in [3.05, 3.63) is 45.6 Å². The molecule has 0 bridgehead atoms. The second-order valence-electron chi connectivity index (χ2n) is 4.81. The molecule has 0 aliphatic heterocycles. The molecule has 21 heavy (non-hydrogen) atoms. The molecule has 0 amide bonds. The van der Waals surface area contributed by atoms with Crippen LogP contribution in [0.2, 0.25) is 0 Å². The van der Waals surface area contributed by atoms with Gasteiger partial charge in [0.25, 0.3) is 5.56 Å². The first-order chi connectivity index (χ1) is 9.99. The van der Waals surface area contributed by atoms with Crippen molar-refractivity contribution in [2.24, 2.45) is 0 Å². The Kier molecular flexibility index (Phi) is 2.97. The topological polar surface area (TPSA) is 87.5 Å². The van der Waals surface area contributed by atoms with Gasteiger partial charge in [-0.1, -0.05) is 6.07 Å². The van der Waals surface area contributed by atoms with Crippen molar-refractivity contribution < 1.29 is 14.3 Å². The van der Waals surface area contributed by atoms with Crippen LogP contribution < -0.4 is 5.56 Å². The lowest BCUT2D eigenvalue weighted by Crippen LogP contribution is -2.22. The Hall–Kier alpha value is -2.70. The first-order valence-electron chi connectivity index (χ1n) is 6.39. The van der Waals surface area contributed by atoms with Gasteiger partial charge in [-0.2, -0.15) is 0 Å². The number of fused-ring (bicyclic) bond motifs is 3. The number of aliphatic carboxylic acids is 1. The highest BCUT2D eigenvalue weighted by Crippen LogP contribution is 2.21. The highest BCUT2D eigenvalue weighted by Gasteiger charge is 2.16. The Bertz CT molecular complexity index is 926. The summed E-state index contributed by atoms with van der Waals surface area (Å²) in [5, 5.41) is 11.8. The van der Waals surface area contributed by atoms with Gasteiger partial charge in [0.15, 0.2) is 5.65 Å². The maximum atomic E-state index is 13.9. The monoisotopic (exact) mass is 289 g/mol. The van der Waals surface area contributed by atoms with Crippen LogP contribution in [0.3, 0.4) is 0 Å². The van der Waals surface area contributed by atoms with E-state index in [2.05, 4.69) is 10.1 Å². The normalized spacial score (nSPS) is 11.3. The van der Waals surface area contributed by atoms with Gasteiger partial charge < -0.3 is 5.11 Å². The molecular weight excluding hydrogens is 277 g/mol. The number of hydrogen-bond acceptors (Lipinski definition) is 3. The zero-order valence-corrected chi connectivity index (χ0v) is 11.2. The van der Waals surface area contributed by atoms with E-state index in [9.17, 15) is 14.0 Å². The molecule has 0 unspecified atom stereocenters. The minimum absolute atomic E-state index is 0.0911. The standard InChI is InChI=1S/C14H12FN3O3/c1-7-8(5-6-11(19)20)14(21)18-13(16-7)12-9(15)3-2-4-10(12)17-18/h2-4,17H,5-6H2,1H3,(H,19,20). The number of halogens is 1. The summed E-state index contributed by atoms with van der Waals surface area (Å²) in [6, 6.07) is 4.49. The third-order valence-electron chi connectivity index (χ3n) is 3.44. The quantitative estimate of drug-likeness (QED) is 0.767. The van der Waals surface area contributed by atoms with Crippen molar-refractivity contribution in [1.82, 2.24) is 14.6 Å². The minimum atomic E-state index is -0.985. The average Bonchev–Trinajstić information content (AvgIpc) is 2.78. The Morgan fingerprint density at radius 1 is 1.48 bits per heavy atom. The van der Waals surface area contributed by atoms with Gasteiger partial charge in [0, 0.05) is 17.7 Å². The summed E-state index contributed by atoms with van der Waals surface area (Å²) in [5.41, 5.74) is 1.03. The number of nitrogens with one attached hydrogen (secondary N) is 1. The molecule has 7 heteroatoms. The molecule has 0 fully saturated rings. The number of carbonyl (C=O) groups is 1. The molecule has 2 heterocycles. The van der Waals surface area contributed by atoms with E-state index in [4.69, 9.17) is 5.11 Å². The Morgan fingerprint density at radius 3 is 2.95 bits per heavy atom. The molecule has 0 saturated heterocycles. The number of rotatable bonds is 3. The van der Waals surface area contributed by atoms with Gasteiger partial charge in [-0.05, 0) is 25.5 Å². The van der Waals surface area contributed by atoms with Crippen molar-refractivity contribution in [3.63, 3.8) is 0 Å². The average molecular weight is 289 g/mol. The van der Waals surface area contributed by atoms with Crippen LogP contribution in [-0.2, 0) is 11.2 Å². The third-order valence-corrected chi connectivity index (χ3v) is 3.44. The lowest BCUT2D eigenvalue weighted by molar-refractivity contribution is -0.136. The van der Waals surface area contributed by atoms with Crippen LogP contribution in [0, 0.1) is 12.7 Å². The summed E-state index contributed by atoms with van der Waals surface area (Å²) >= 11 is 0. The summed E-state index contributed by atoms with van der Waals surface area (Å²) in [6.45, 7) is 1.62. The van der Waals surface area contributed by atoms with Crippen LogP contribution in [0.15, 0.2) is 23.0 Å². The van der Waals surface area contributed by atoms with Crippen molar-refractivity contribution >= 4 is 22.5 Å². The predicted molar refractivity (Wildman–Crippen MR) is 74.0 cm³/mol. The number of benzene rings is 1. The van der Waals surface area contributed by atoms with E-state index in [1.165, 1.54) is 12.1 Å². The summed E-state index contributed by atoms with van der Waals surface area (Å²) < 4.78 is 15.1. The molecule has 0 aliphatic carbocycles. The lowest BCUT2D eigenvalue weighted by atomic mass is 10.1. The largest absolute Gasteiger partial charge is 0.481 e. The fourth-order valence-corrected chi connectivity index (χ4v) is 2.42. The van der Waals surface area contributed by atoms with Crippen molar-refractivity contribution in [2.75, 3.05) is 0 Å². The van der Waals surface area contributed by atoms with E-state index in [-0.39, 0.29) is 23.9 Å². The maximum absolute atomic E-state index is 13.9. The minimum Gasteiger partial charge on any atom is -0.481 e. The second-order valence-corrected chi connectivity index (χ2v) is 4.81. The predicted octanol–water partition coefficient (Wildman–Crippen LogP) is 1.64. The van der Waals surface area contributed by atoms with Gasteiger partial charge in [0.05, 0.1) is 10.9 Å². The highest BCUT2D eigenvalue weighted by atomic mass is 19.1. The van der Waals surface area contributed by atoms with Gasteiger partial charge in [0.1, 0.15) is 5.82 Å². The van der Waals surface area contributed by atoms with Crippen molar-refractivity contribution in [1.29, 1.82) is 0 Å². The number of aryl methyl sites for hydroxylation is 1. The van der Waals surface area contributed by atoms with E-state index >= 15 is 0 Å². The van der Waals surface area contributed by atoms with E-state index in [0.29, 0.717) is 16.8 Å². The lowest BCUT2D eigenvalue weighted by Gasteiger charge is -2.03. The Labute approximate surface area is 117 Å². The zero-order valence-electron chi connectivity index (χ0n) is 11.2. The van der Waals surface area contributed by atoms with Gasteiger partial charge in [-0.3, -0.25) is 14.7 Å². The van der Waals surface area contributed by atoms with Crippen LogP contribution in [0.1, 0.15) is 17.7 Å². The van der Waals surface area contributed by atoms with Crippen molar-refractivity contribution in [3.8, 4) is 0 Å². The second kappa shape index (κ2) is 4.69. The van der Waals surface area contributed by atoms with E-state index in [1.807, 2.05) is 0 Å². The van der Waals surface area contributed by atoms with Crippen LogP contribution >= 0.6 is 0 Å². The van der Waals surface area contributed by atoms with Crippen LogP contribution in [-0.4, -0.2) is 25.7 Å². The third kappa shape index (κ3) is 2.06. The zero-order chi connectivity index (χ0) is 15.1. The molecule has 2 aromatic heterocycles. The number of nitrogens with zero attached hydrogens (tertiary/aromatic N) is 2. The fraction of sp³-hybridized carbons (Fsp3) is 0.214. The van der Waals surface area contributed by atoms with Crippen LogP contribution in [0.5, 0.6) is 0 Å². The molecule has 0 aliphatic rings. The summed E-state index contributed by atoms with van der Waals surface area (Å²) in [4.78, 5) is 27.3. The van der Waals surface area contributed by atoms with Gasteiger partial charge in [-0.15, -0.1) is 0 Å². The number of carboxylic acid groups (broad SMARTS) is 1. The number of carboxylic acids is 1. The molecule has 0 atom stereocenters. The molecule has 3 aromatic rings. The molecule has 1 aromatic carbocycles. The highest BCUT2D eigenvalue weighted by molar-refractivity contribution is 5.92. The SMILES string of the molecule is Cc1nc2c3c(F)cccc3[nH]n2c(=O)c1CCC(=O)O. The van der Waals surface area contributed by atoms with Gasteiger partial charge in [0.2, 0.25) is 0 Å². The van der Waals surface area contributed by atoms with E-state index < -0.39 is 17.3 Å². The first-order valence-corrected chi connectivity index (χ1v) is 6.39. The fourth-order valence-electron chi connectivity index (χ4n) is 2.42. The summed E-state index contributed by atoms with van der Waals surface area (Å²) in [6.07, 6.45) is -0.0633. The molecule has 0 saturated carbocycles. The van der Waals surface area contributed by atoms with E-state index in [1.54, 1.807) is 13.0 Å². The molecule has 108 valence electrons. The van der Waals surface area contributed by atoms with E-state index in [0.717, 1.165) is 4.52 Å². The molecule has 6 nitrogen and oxygen atoms in total. The maximum Gasteiger partial charge on any atom is 0.303 e. The molecular formula is C14H12FN3O3. The number of aromatic nitrogens is 3. The van der Waals surface area contributed by atoms with Gasteiger partial charge >= 0.3 is 5.97 Å². The molecule has 2 N–H and O–H groups in total. The molecule has 0 spiro atoms. The van der Waals surface area contributed by atoms with Crippen molar-refractivity contribution in [2.45, 2.75) is 19.8 Å². The first kappa shape index (κ1) is 13.3. The van der Waals surface area contributed by atoms with Crippen LogP contribution in [0.4, 0.5) is 4.39 Å². The Morgan fingerprint density at radius 2 is 2.24 bits per heavy atom. The number of aromatic amines is 1. The summed E-state index contributed by atoms with van der Waals surface area (Å²) in [7, 11) is 0. The van der Waals surface area contributed by atoms with Crippen LogP contribution in [0.25, 0.3) is 16.6 Å². The Balaban J connectivity index is 2.31.